The van der Waals surface area contributed by atoms with E-state index in [9.17, 15) is 5.11 Å². The van der Waals surface area contributed by atoms with Gasteiger partial charge in [-0.3, -0.25) is 0 Å². The summed E-state index contributed by atoms with van der Waals surface area (Å²) in [5, 5.41) is 9.71. The zero-order valence-corrected chi connectivity index (χ0v) is 9.43. The summed E-state index contributed by atoms with van der Waals surface area (Å²) in [7, 11) is 0. The highest BCUT2D eigenvalue weighted by Crippen LogP contribution is 2.44. The van der Waals surface area contributed by atoms with E-state index in [0.29, 0.717) is 6.61 Å². The lowest BCUT2D eigenvalue weighted by Gasteiger charge is -2.28. The second-order valence-electron chi connectivity index (χ2n) is 4.94. The van der Waals surface area contributed by atoms with Crippen LogP contribution in [0.25, 0.3) is 0 Å². The van der Waals surface area contributed by atoms with Crippen LogP contribution in [0.2, 0.25) is 0 Å². The number of hydrogen-bond acceptors (Lipinski definition) is 2. The predicted octanol–water partition coefficient (Wildman–Crippen LogP) is 2.78. The van der Waals surface area contributed by atoms with Crippen molar-refractivity contribution in [2.24, 2.45) is 0 Å². The van der Waals surface area contributed by atoms with Crippen molar-refractivity contribution in [3.8, 4) is 0 Å². The van der Waals surface area contributed by atoms with E-state index in [1.54, 1.807) is 0 Å². The van der Waals surface area contributed by atoms with Crippen LogP contribution in [-0.2, 0) is 4.74 Å². The van der Waals surface area contributed by atoms with Crippen LogP contribution in [0.1, 0.15) is 48.8 Å². The van der Waals surface area contributed by atoms with Crippen molar-refractivity contribution in [2.75, 3.05) is 6.61 Å². The Kier molecular flexibility index (Phi) is 2.70. The predicted molar refractivity (Wildman–Crippen MR) is 62.4 cm³/mol. The van der Waals surface area contributed by atoms with Crippen LogP contribution in [0.3, 0.4) is 0 Å². The number of rotatable bonds is 2. The van der Waals surface area contributed by atoms with Gasteiger partial charge in [-0.15, -0.1) is 0 Å². The van der Waals surface area contributed by atoms with E-state index in [4.69, 9.17) is 4.74 Å². The summed E-state index contributed by atoms with van der Waals surface area (Å²) in [6.45, 7) is 0.685. The van der Waals surface area contributed by atoms with Crippen LogP contribution >= 0.6 is 0 Å². The quantitative estimate of drug-likeness (QED) is 0.827. The molecule has 0 spiro atoms. The molecule has 0 aromatic heterocycles. The lowest BCUT2D eigenvalue weighted by molar-refractivity contribution is -0.0451. The van der Waals surface area contributed by atoms with Gasteiger partial charge in [0.2, 0.25) is 0 Å². The molecule has 2 atom stereocenters. The first-order chi connectivity index (χ1) is 7.84. The summed E-state index contributed by atoms with van der Waals surface area (Å²) in [5.41, 5.74) is 2.75. The summed E-state index contributed by atoms with van der Waals surface area (Å²) in [6.07, 6.45) is 4.08. The van der Waals surface area contributed by atoms with E-state index in [2.05, 4.69) is 24.3 Å². The Labute approximate surface area is 96.2 Å². The van der Waals surface area contributed by atoms with E-state index in [1.807, 2.05) is 0 Å². The molecule has 2 heteroatoms. The zero-order chi connectivity index (χ0) is 11.0. The first kappa shape index (κ1) is 10.3. The van der Waals surface area contributed by atoms with Crippen LogP contribution in [-0.4, -0.2) is 17.8 Å². The van der Waals surface area contributed by atoms with Crippen LogP contribution in [0.4, 0.5) is 0 Å². The van der Waals surface area contributed by atoms with Gasteiger partial charge >= 0.3 is 0 Å². The third-order valence-electron chi connectivity index (χ3n) is 3.62. The minimum Gasteiger partial charge on any atom is -0.393 e. The van der Waals surface area contributed by atoms with Crippen molar-refractivity contribution < 1.29 is 9.84 Å². The molecule has 0 radical (unpaired) electrons. The molecule has 2 fully saturated rings. The third-order valence-corrected chi connectivity index (χ3v) is 3.62. The lowest BCUT2D eigenvalue weighted by Crippen LogP contribution is -2.24. The van der Waals surface area contributed by atoms with E-state index >= 15 is 0 Å². The maximum atomic E-state index is 9.71. The van der Waals surface area contributed by atoms with Crippen molar-refractivity contribution in [3.63, 3.8) is 0 Å². The molecule has 1 aromatic rings. The first-order valence-electron chi connectivity index (χ1n) is 6.23. The molecule has 1 N–H and O–H groups in total. The molecule has 86 valence electrons. The zero-order valence-electron chi connectivity index (χ0n) is 9.43. The number of hydrogen-bond donors (Lipinski definition) is 1. The van der Waals surface area contributed by atoms with Gasteiger partial charge in [-0.05, 0) is 36.3 Å². The van der Waals surface area contributed by atoms with Crippen molar-refractivity contribution in [3.05, 3.63) is 35.4 Å². The number of benzene rings is 1. The van der Waals surface area contributed by atoms with Crippen molar-refractivity contribution in [2.45, 2.75) is 43.8 Å². The summed E-state index contributed by atoms with van der Waals surface area (Å²) >= 11 is 0. The topological polar surface area (TPSA) is 29.5 Å². The van der Waals surface area contributed by atoms with E-state index in [0.717, 1.165) is 18.8 Å². The largest absolute Gasteiger partial charge is 0.393 e. The molecule has 1 heterocycles. The van der Waals surface area contributed by atoms with Crippen LogP contribution in [0, 0.1) is 0 Å². The molecular weight excluding hydrogens is 200 g/mol. The number of ether oxygens (including phenoxy) is 1. The molecule has 1 aliphatic heterocycles. The van der Waals surface area contributed by atoms with Crippen LogP contribution < -0.4 is 0 Å². The molecule has 1 aromatic carbocycles. The maximum Gasteiger partial charge on any atom is 0.0852 e. The standard InChI is InChI=1S/C14H18O2/c15-11-7-8-16-14(9-11)13-4-2-1-3-12(13)10-5-6-10/h1-4,10-11,14-15H,5-9H2. The molecule has 2 aliphatic rings. The van der Waals surface area contributed by atoms with E-state index in [-0.39, 0.29) is 12.2 Å². The Bertz CT molecular complexity index is 371. The minimum absolute atomic E-state index is 0.112. The maximum absolute atomic E-state index is 9.71. The van der Waals surface area contributed by atoms with Gasteiger partial charge in [0.25, 0.3) is 0 Å². The van der Waals surface area contributed by atoms with Crippen molar-refractivity contribution in [1.29, 1.82) is 0 Å². The van der Waals surface area contributed by atoms with Gasteiger partial charge in [-0.25, -0.2) is 0 Å². The summed E-state index contributed by atoms with van der Waals surface area (Å²) < 4.78 is 5.79. The Morgan fingerprint density at radius 3 is 2.50 bits per heavy atom. The molecular formula is C14H18O2. The second-order valence-corrected chi connectivity index (χ2v) is 4.94. The van der Waals surface area contributed by atoms with E-state index < -0.39 is 0 Å². The molecule has 3 rings (SSSR count). The SMILES string of the molecule is OC1CCOC(c2ccccc2C2CC2)C1. The molecule has 1 aliphatic carbocycles. The average Bonchev–Trinajstić information content (AvgIpc) is 3.13. The van der Waals surface area contributed by atoms with Crippen molar-refractivity contribution >= 4 is 0 Å². The highest BCUT2D eigenvalue weighted by molar-refractivity contribution is 5.35. The smallest absolute Gasteiger partial charge is 0.0852 e. The van der Waals surface area contributed by atoms with Crippen LogP contribution in [0.5, 0.6) is 0 Å². The summed E-state index contributed by atoms with van der Waals surface area (Å²) in [5.74, 6) is 0.749. The Morgan fingerprint density at radius 1 is 1.06 bits per heavy atom. The molecule has 16 heavy (non-hydrogen) atoms. The minimum atomic E-state index is -0.189. The van der Waals surface area contributed by atoms with Crippen LogP contribution in [0.15, 0.2) is 24.3 Å². The Hall–Kier alpha value is -0.860. The van der Waals surface area contributed by atoms with Gasteiger partial charge in [-0.1, -0.05) is 24.3 Å². The second kappa shape index (κ2) is 4.19. The van der Waals surface area contributed by atoms with Gasteiger partial charge in [0.15, 0.2) is 0 Å². The van der Waals surface area contributed by atoms with Gasteiger partial charge in [0.05, 0.1) is 12.2 Å². The number of aliphatic hydroxyl groups excluding tert-OH is 1. The monoisotopic (exact) mass is 218 g/mol. The molecule has 1 saturated heterocycles. The highest BCUT2D eigenvalue weighted by Gasteiger charge is 2.30. The normalized spacial score (nSPS) is 30.3. The average molecular weight is 218 g/mol. The van der Waals surface area contributed by atoms with Gasteiger partial charge in [0, 0.05) is 13.0 Å². The lowest BCUT2D eigenvalue weighted by atomic mass is 9.93. The summed E-state index contributed by atoms with van der Waals surface area (Å²) in [6, 6.07) is 8.57. The summed E-state index contributed by atoms with van der Waals surface area (Å²) in [4.78, 5) is 0. The fourth-order valence-electron chi connectivity index (χ4n) is 2.57. The molecule has 2 unspecified atom stereocenters. The highest BCUT2D eigenvalue weighted by atomic mass is 16.5. The molecule has 1 saturated carbocycles. The molecule has 0 amide bonds. The van der Waals surface area contributed by atoms with Gasteiger partial charge in [-0.2, -0.15) is 0 Å². The van der Waals surface area contributed by atoms with Crippen molar-refractivity contribution in [1.82, 2.24) is 0 Å². The molecule has 0 bridgehead atoms. The number of aliphatic hydroxyl groups is 1. The van der Waals surface area contributed by atoms with E-state index in [1.165, 1.54) is 24.0 Å². The third kappa shape index (κ3) is 2.00. The van der Waals surface area contributed by atoms with Gasteiger partial charge < -0.3 is 9.84 Å². The Morgan fingerprint density at radius 2 is 1.81 bits per heavy atom. The first-order valence-corrected chi connectivity index (χ1v) is 6.23. The fraction of sp³-hybridized carbons (Fsp3) is 0.571. The fourth-order valence-corrected chi connectivity index (χ4v) is 2.57. The Balaban J connectivity index is 1.86. The van der Waals surface area contributed by atoms with Gasteiger partial charge in [0.1, 0.15) is 0 Å². The molecule has 2 nitrogen and oxygen atoms in total.